The van der Waals surface area contributed by atoms with Crippen LogP contribution < -0.4 is 0 Å². The molecule has 0 unspecified atom stereocenters. The average Bonchev–Trinajstić information content (AvgIpc) is 1.76. The molecule has 86 valence electrons. The summed E-state index contributed by atoms with van der Waals surface area (Å²) in [5.41, 5.74) is 0. The first-order valence-electron chi connectivity index (χ1n) is 6.49. The van der Waals surface area contributed by atoms with Crippen molar-refractivity contribution in [2.24, 2.45) is 17.8 Å². The van der Waals surface area contributed by atoms with Crippen LogP contribution in [0.2, 0.25) is 25.8 Å². The molecule has 0 aliphatic heterocycles. The van der Waals surface area contributed by atoms with Crippen molar-refractivity contribution < 1.29 is 0 Å². The van der Waals surface area contributed by atoms with Crippen LogP contribution in [0.15, 0.2) is 0 Å². The van der Waals surface area contributed by atoms with Crippen LogP contribution in [-0.2, 0) is 0 Å². The highest BCUT2D eigenvalue weighted by molar-refractivity contribution is 6.78. The van der Waals surface area contributed by atoms with Crippen LogP contribution in [0.25, 0.3) is 0 Å². The average molecular weight is 197 g/mol. The SMILES string of the molecule is CC(C)C[B-](C)(CC(C)C)CC(C)C. The Kier molecular flexibility index (Phi) is 5.85. The van der Waals surface area contributed by atoms with Crippen molar-refractivity contribution in [1.29, 1.82) is 0 Å². The molecule has 14 heavy (non-hydrogen) atoms. The minimum absolute atomic E-state index is 0.111. The van der Waals surface area contributed by atoms with Crippen molar-refractivity contribution in [3.8, 4) is 0 Å². The normalized spacial score (nSPS) is 13.3. The molecular weight excluding hydrogens is 167 g/mol. The quantitative estimate of drug-likeness (QED) is 0.523. The lowest BCUT2D eigenvalue weighted by molar-refractivity contribution is 0.645. The van der Waals surface area contributed by atoms with Gasteiger partial charge in [0.1, 0.15) is 0 Å². The molecule has 0 aliphatic carbocycles. The van der Waals surface area contributed by atoms with Gasteiger partial charge in [0.15, 0.2) is 0 Å². The molecule has 0 nitrogen and oxygen atoms in total. The fraction of sp³-hybridized carbons (Fsp3) is 1.00. The van der Waals surface area contributed by atoms with Gasteiger partial charge in [0.25, 0.3) is 0 Å². The van der Waals surface area contributed by atoms with Crippen molar-refractivity contribution in [2.75, 3.05) is 0 Å². The van der Waals surface area contributed by atoms with E-state index < -0.39 is 0 Å². The third kappa shape index (κ3) is 6.51. The zero-order valence-corrected chi connectivity index (χ0v) is 11.4. The van der Waals surface area contributed by atoms with Gasteiger partial charge in [-0.15, -0.1) is 0 Å². The first-order chi connectivity index (χ1) is 6.25. The Morgan fingerprint density at radius 3 is 1.00 bits per heavy atom. The highest BCUT2D eigenvalue weighted by Crippen LogP contribution is 2.31. The molecule has 0 heterocycles. The summed E-state index contributed by atoms with van der Waals surface area (Å²) in [6, 6.07) is 0. The van der Waals surface area contributed by atoms with Gasteiger partial charge in [0, 0.05) is 0 Å². The maximum atomic E-state index is 2.54. The number of rotatable bonds is 6. The molecule has 1 heteroatoms. The van der Waals surface area contributed by atoms with Crippen molar-refractivity contribution >= 4 is 6.15 Å². The maximum absolute atomic E-state index is 2.54. The number of hydrogen-bond acceptors (Lipinski definition) is 0. The summed E-state index contributed by atoms with van der Waals surface area (Å²) < 4.78 is 0. The van der Waals surface area contributed by atoms with E-state index in [9.17, 15) is 0 Å². The minimum atomic E-state index is -0.111. The predicted molar refractivity (Wildman–Crippen MR) is 70.6 cm³/mol. The van der Waals surface area contributed by atoms with Gasteiger partial charge in [-0.3, -0.25) is 0 Å². The third-order valence-electron chi connectivity index (χ3n) is 3.12. The second-order valence-electron chi connectivity index (χ2n) is 6.98. The van der Waals surface area contributed by atoms with Gasteiger partial charge in [0.05, 0.1) is 0 Å². The van der Waals surface area contributed by atoms with E-state index in [2.05, 4.69) is 48.4 Å². The topological polar surface area (TPSA) is 0 Å². The molecule has 0 saturated heterocycles. The largest absolute Gasteiger partial charge is 0.190 e. The molecule has 0 aromatic heterocycles. The van der Waals surface area contributed by atoms with Crippen molar-refractivity contribution in [3.63, 3.8) is 0 Å². The third-order valence-corrected chi connectivity index (χ3v) is 3.12. The van der Waals surface area contributed by atoms with Crippen LogP contribution in [0.5, 0.6) is 0 Å². The van der Waals surface area contributed by atoms with Crippen molar-refractivity contribution in [1.82, 2.24) is 0 Å². The zero-order valence-electron chi connectivity index (χ0n) is 11.4. The summed E-state index contributed by atoms with van der Waals surface area (Å²) in [6.07, 6.45) is 4.21. The fourth-order valence-electron chi connectivity index (χ4n) is 3.70. The Morgan fingerprint density at radius 1 is 0.643 bits per heavy atom. The molecule has 0 bridgehead atoms. The fourth-order valence-corrected chi connectivity index (χ4v) is 3.70. The second-order valence-corrected chi connectivity index (χ2v) is 6.98. The van der Waals surface area contributed by atoms with Gasteiger partial charge in [-0.1, -0.05) is 59.3 Å². The van der Waals surface area contributed by atoms with Gasteiger partial charge >= 0.3 is 0 Å². The molecule has 0 atom stereocenters. The smallest absolute Gasteiger partial charge is 0.00144 e. The van der Waals surface area contributed by atoms with E-state index in [1.165, 1.54) is 19.0 Å². The molecule has 0 amide bonds. The van der Waals surface area contributed by atoms with E-state index in [0.29, 0.717) is 0 Å². The van der Waals surface area contributed by atoms with E-state index in [1.54, 1.807) is 0 Å². The standard InChI is InChI=1S/C13H30B/c1-11(2)8-14(7,9-12(3)4)10-13(5)6/h11-13H,8-10H2,1-7H3/q-1. The van der Waals surface area contributed by atoms with Crippen LogP contribution in [0, 0.1) is 17.8 Å². The molecule has 0 aromatic rings. The van der Waals surface area contributed by atoms with Gasteiger partial charge in [0.2, 0.25) is 0 Å². The Bertz CT molecular complexity index is 121. The van der Waals surface area contributed by atoms with Crippen LogP contribution in [-0.4, -0.2) is 6.15 Å². The maximum Gasteiger partial charge on any atom is -0.00144 e. The molecule has 0 aromatic carbocycles. The van der Waals surface area contributed by atoms with Gasteiger partial charge < -0.3 is 0 Å². The first kappa shape index (κ1) is 14.1. The highest BCUT2D eigenvalue weighted by Gasteiger charge is 2.22. The molecule has 0 spiro atoms. The Labute approximate surface area is 91.8 Å². The van der Waals surface area contributed by atoms with E-state index in [4.69, 9.17) is 0 Å². The summed E-state index contributed by atoms with van der Waals surface area (Å²) in [4.78, 5) is 0. The van der Waals surface area contributed by atoms with E-state index in [0.717, 1.165) is 17.8 Å². The lowest BCUT2D eigenvalue weighted by Gasteiger charge is -2.40. The van der Waals surface area contributed by atoms with Gasteiger partial charge in [-0.2, -0.15) is 25.8 Å². The molecule has 0 radical (unpaired) electrons. The summed E-state index contributed by atoms with van der Waals surface area (Å²) >= 11 is 0. The van der Waals surface area contributed by atoms with Gasteiger partial charge in [-0.25, -0.2) is 0 Å². The second kappa shape index (κ2) is 5.83. The molecule has 0 aliphatic rings. The van der Waals surface area contributed by atoms with Crippen LogP contribution in [0.3, 0.4) is 0 Å². The van der Waals surface area contributed by atoms with Crippen molar-refractivity contribution in [2.45, 2.75) is 67.3 Å². The monoisotopic (exact) mass is 197 g/mol. The summed E-state index contributed by atoms with van der Waals surface area (Å²) in [6.45, 7) is 16.7. The Hall–Kier alpha value is 0.0649. The number of hydrogen-bond donors (Lipinski definition) is 0. The van der Waals surface area contributed by atoms with E-state index in [-0.39, 0.29) is 6.15 Å². The zero-order chi connectivity index (χ0) is 11.4. The Balaban J connectivity index is 4.32. The molecule has 0 rings (SSSR count). The van der Waals surface area contributed by atoms with Gasteiger partial charge in [-0.05, 0) is 6.15 Å². The molecular formula is C13H30B-. The lowest BCUT2D eigenvalue weighted by Crippen LogP contribution is -2.34. The van der Waals surface area contributed by atoms with E-state index in [1.807, 2.05) is 0 Å². The van der Waals surface area contributed by atoms with Crippen LogP contribution in [0.4, 0.5) is 0 Å². The summed E-state index contributed by atoms with van der Waals surface area (Å²) in [5.74, 6) is 2.58. The molecule has 0 fully saturated rings. The predicted octanol–water partition coefficient (Wildman–Crippen LogP) is 5.03. The summed E-state index contributed by atoms with van der Waals surface area (Å²) in [7, 11) is 0. The van der Waals surface area contributed by atoms with E-state index >= 15 is 0 Å². The lowest BCUT2D eigenvalue weighted by atomic mass is 9.19. The Morgan fingerprint density at radius 2 is 0.857 bits per heavy atom. The molecule has 0 N–H and O–H groups in total. The highest BCUT2D eigenvalue weighted by atomic mass is 14.1. The van der Waals surface area contributed by atoms with Crippen LogP contribution >= 0.6 is 0 Å². The van der Waals surface area contributed by atoms with Crippen LogP contribution in [0.1, 0.15) is 41.5 Å². The summed E-state index contributed by atoms with van der Waals surface area (Å²) in [5, 5.41) is 0. The minimum Gasteiger partial charge on any atom is -0.190 e. The van der Waals surface area contributed by atoms with Crippen molar-refractivity contribution in [3.05, 3.63) is 0 Å². The first-order valence-corrected chi connectivity index (χ1v) is 6.49. The molecule has 0 saturated carbocycles.